The number of hydrogen-bond acceptors (Lipinski definition) is 5. The number of nitrogens with one attached hydrogen (secondary N) is 3. The minimum Gasteiger partial charge on any atom is -0.478 e. The monoisotopic (exact) mass is 566 g/mol. The first-order valence-corrected chi connectivity index (χ1v) is 13.7. The predicted octanol–water partition coefficient (Wildman–Crippen LogP) is 4.86. The lowest BCUT2D eigenvalue weighted by atomic mass is 9.97. The van der Waals surface area contributed by atoms with E-state index in [1.165, 1.54) is 16.2 Å². The Morgan fingerprint density at radius 2 is 1.44 bits per heavy atom. The first kappa shape index (κ1) is 27.4. The molecule has 0 saturated heterocycles. The number of rotatable bonds is 8. The Morgan fingerprint density at radius 1 is 0.780 bits per heavy atom. The second-order valence-corrected chi connectivity index (χ2v) is 10.0. The van der Waals surface area contributed by atoms with Gasteiger partial charge in [-0.3, -0.25) is 14.5 Å². The second kappa shape index (κ2) is 12.3. The zero-order valence-electron chi connectivity index (χ0n) is 21.8. The number of amides is 4. The zero-order valence-corrected chi connectivity index (χ0v) is 22.6. The van der Waals surface area contributed by atoms with Crippen molar-refractivity contribution in [2.45, 2.75) is 13.1 Å². The summed E-state index contributed by atoms with van der Waals surface area (Å²) >= 11 is 1.30. The highest BCUT2D eigenvalue weighted by Gasteiger charge is 2.31. The quantitative estimate of drug-likeness (QED) is 0.227. The van der Waals surface area contributed by atoms with Gasteiger partial charge >= 0.3 is 12.0 Å². The Morgan fingerprint density at radius 3 is 2.20 bits per heavy atom. The lowest BCUT2D eigenvalue weighted by Crippen LogP contribution is -2.40. The van der Waals surface area contributed by atoms with Crippen molar-refractivity contribution in [3.63, 3.8) is 0 Å². The summed E-state index contributed by atoms with van der Waals surface area (Å²) in [7, 11) is 0. The highest BCUT2D eigenvalue weighted by Crippen LogP contribution is 2.39. The minimum absolute atomic E-state index is 0.219. The number of carbonyl (C=O) groups excluding carboxylic acids is 3. The maximum absolute atomic E-state index is 13.5. The summed E-state index contributed by atoms with van der Waals surface area (Å²) in [6.45, 7) is 0.384. The van der Waals surface area contributed by atoms with Crippen molar-refractivity contribution in [1.82, 2.24) is 10.6 Å². The number of benzene rings is 3. The van der Waals surface area contributed by atoms with Gasteiger partial charge < -0.3 is 21.1 Å². The van der Waals surface area contributed by atoms with Crippen molar-refractivity contribution in [3.8, 4) is 0 Å². The van der Waals surface area contributed by atoms with Gasteiger partial charge in [0, 0.05) is 41.4 Å². The number of carboxylic acid groups (broad SMARTS) is 1. The second-order valence-electron chi connectivity index (χ2n) is 9.27. The van der Waals surface area contributed by atoms with Gasteiger partial charge in [-0.15, -0.1) is 0 Å². The number of thiophene rings is 1. The lowest BCUT2D eigenvalue weighted by molar-refractivity contribution is -0.131. The first-order chi connectivity index (χ1) is 19.9. The molecule has 0 spiro atoms. The summed E-state index contributed by atoms with van der Waals surface area (Å²) < 4.78 is 0. The van der Waals surface area contributed by atoms with Crippen LogP contribution >= 0.6 is 11.3 Å². The number of hydrogen-bond donors (Lipinski definition) is 4. The molecular formula is C31H26N4O5S. The van der Waals surface area contributed by atoms with Crippen LogP contribution in [-0.4, -0.2) is 35.5 Å². The molecule has 4 amide bonds. The molecule has 5 rings (SSSR count). The van der Waals surface area contributed by atoms with Crippen molar-refractivity contribution in [1.29, 1.82) is 0 Å². The third-order valence-electron chi connectivity index (χ3n) is 6.48. The van der Waals surface area contributed by atoms with Crippen LogP contribution in [0.4, 0.5) is 16.2 Å². The number of aliphatic carboxylic acids is 1. The van der Waals surface area contributed by atoms with E-state index in [1.54, 1.807) is 59.3 Å². The maximum atomic E-state index is 13.5. The number of para-hydroxylation sites is 1. The Balaban J connectivity index is 1.22. The normalized spacial score (nSPS) is 13.1. The Kier molecular flexibility index (Phi) is 8.21. The van der Waals surface area contributed by atoms with E-state index in [0.29, 0.717) is 40.2 Å². The van der Waals surface area contributed by atoms with Crippen molar-refractivity contribution in [2.24, 2.45) is 0 Å². The molecule has 41 heavy (non-hydrogen) atoms. The van der Waals surface area contributed by atoms with Crippen LogP contribution in [-0.2, 0) is 22.7 Å². The number of nitrogens with zero attached hydrogens (tertiary/aromatic N) is 1. The third kappa shape index (κ3) is 6.51. The van der Waals surface area contributed by atoms with E-state index < -0.39 is 5.97 Å². The highest BCUT2D eigenvalue weighted by molar-refractivity contribution is 7.08. The Hall–Kier alpha value is -5.22. The molecule has 4 aromatic rings. The molecule has 206 valence electrons. The van der Waals surface area contributed by atoms with Gasteiger partial charge in [0.1, 0.15) is 6.54 Å². The highest BCUT2D eigenvalue weighted by atomic mass is 32.1. The fourth-order valence-corrected chi connectivity index (χ4v) is 5.33. The number of urea groups is 1. The van der Waals surface area contributed by atoms with E-state index in [9.17, 15) is 24.3 Å². The van der Waals surface area contributed by atoms with E-state index in [0.717, 1.165) is 17.2 Å². The van der Waals surface area contributed by atoms with Gasteiger partial charge in [0.15, 0.2) is 0 Å². The van der Waals surface area contributed by atoms with Crippen LogP contribution in [0.5, 0.6) is 0 Å². The lowest BCUT2D eigenvalue weighted by Gasteiger charge is -2.22. The fraction of sp³-hybridized carbons (Fsp3) is 0.0968. The average Bonchev–Trinajstić information content (AvgIpc) is 3.45. The van der Waals surface area contributed by atoms with Crippen LogP contribution in [0.2, 0.25) is 0 Å². The first-order valence-electron chi connectivity index (χ1n) is 12.8. The molecule has 3 aromatic carbocycles. The largest absolute Gasteiger partial charge is 0.478 e. The fourth-order valence-electron chi connectivity index (χ4n) is 4.50. The third-order valence-corrected chi connectivity index (χ3v) is 7.22. The summed E-state index contributed by atoms with van der Waals surface area (Å²) in [6.07, 6.45) is 1.09. The molecule has 1 aliphatic heterocycles. The van der Waals surface area contributed by atoms with E-state index in [1.807, 2.05) is 30.3 Å². The molecule has 1 aromatic heterocycles. The molecule has 10 heteroatoms. The molecular weight excluding hydrogens is 540 g/mol. The summed E-state index contributed by atoms with van der Waals surface area (Å²) in [4.78, 5) is 51.6. The smallest absolute Gasteiger partial charge is 0.328 e. The van der Waals surface area contributed by atoms with Gasteiger partial charge in [0.05, 0.1) is 11.3 Å². The van der Waals surface area contributed by atoms with Crippen LogP contribution in [0.3, 0.4) is 0 Å². The van der Waals surface area contributed by atoms with Crippen LogP contribution < -0.4 is 20.9 Å². The van der Waals surface area contributed by atoms with Crippen LogP contribution in [0.1, 0.15) is 32.6 Å². The molecule has 0 bridgehead atoms. The topological polar surface area (TPSA) is 128 Å². The maximum Gasteiger partial charge on any atom is 0.328 e. The Labute approximate surface area is 240 Å². The molecule has 0 aliphatic carbocycles. The van der Waals surface area contributed by atoms with Crippen molar-refractivity contribution < 1.29 is 24.3 Å². The van der Waals surface area contributed by atoms with Gasteiger partial charge in [0.2, 0.25) is 5.91 Å². The summed E-state index contributed by atoms with van der Waals surface area (Å²) in [5.41, 5.74) is 4.72. The van der Waals surface area contributed by atoms with Crippen LogP contribution in [0.25, 0.3) is 5.57 Å². The van der Waals surface area contributed by atoms with Gasteiger partial charge in [-0.1, -0.05) is 60.7 Å². The van der Waals surface area contributed by atoms with Crippen molar-refractivity contribution in [2.75, 3.05) is 16.8 Å². The van der Waals surface area contributed by atoms with Crippen molar-refractivity contribution in [3.05, 3.63) is 124 Å². The van der Waals surface area contributed by atoms with Gasteiger partial charge in [-0.25, -0.2) is 9.59 Å². The minimum atomic E-state index is -1.13. The standard InChI is InChI=1S/C31H26N4O5S/c36-28(32-15-21-10-12-22(13-11-21)34-31(40)33-16-20-6-2-1-3-7-20)17-35-27-9-5-4-8-23(27)24(14-29(37)38)25-18-41-19-26(25)30(35)39/h1-14,18-19H,15-17H2,(H,32,36)(H,37,38)(H2,33,34,40). The van der Waals surface area contributed by atoms with Gasteiger partial charge in [-0.2, -0.15) is 11.3 Å². The Bertz CT molecular complexity index is 1630. The van der Waals surface area contributed by atoms with E-state index >= 15 is 0 Å². The summed E-state index contributed by atoms with van der Waals surface area (Å²) in [5.74, 6) is -1.88. The molecule has 4 N–H and O–H groups in total. The molecule has 0 fully saturated rings. The molecule has 9 nitrogen and oxygen atoms in total. The average molecular weight is 567 g/mol. The number of carbonyl (C=O) groups is 4. The summed E-state index contributed by atoms with van der Waals surface area (Å²) in [6, 6.07) is 23.3. The molecule has 0 atom stereocenters. The molecule has 0 radical (unpaired) electrons. The number of anilines is 2. The van der Waals surface area contributed by atoms with E-state index in [-0.39, 0.29) is 30.9 Å². The molecule has 1 aliphatic rings. The van der Waals surface area contributed by atoms with Crippen LogP contribution in [0, 0.1) is 0 Å². The van der Waals surface area contributed by atoms with Gasteiger partial charge in [0.25, 0.3) is 5.91 Å². The molecule has 0 saturated carbocycles. The SMILES string of the molecule is O=C(O)C=C1c2cscc2C(=O)N(CC(=O)NCc2ccc(NC(=O)NCc3ccccc3)cc2)c2ccccc21. The predicted molar refractivity (Wildman–Crippen MR) is 158 cm³/mol. The van der Waals surface area contributed by atoms with E-state index in [2.05, 4.69) is 16.0 Å². The molecule has 0 unspecified atom stereocenters. The van der Waals surface area contributed by atoms with E-state index in [4.69, 9.17) is 0 Å². The zero-order chi connectivity index (χ0) is 28.8. The number of carboxylic acids is 1. The van der Waals surface area contributed by atoms with Gasteiger partial charge in [-0.05, 0) is 40.3 Å². The summed E-state index contributed by atoms with van der Waals surface area (Å²) in [5, 5.41) is 21.3. The van der Waals surface area contributed by atoms with Crippen molar-refractivity contribution >= 4 is 52.1 Å². The van der Waals surface area contributed by atoms with Crippen LogP contribution in [0.15, 0.2) is 95.7 Å². The molecule has 2 heterocycles. The number of fused-ring (bicyclic) bond motifs is 2.